The Hall–Kier alpha value is -3.35. The molecule has 1 saturated carbocycles. The zero-order valence-corrected chi connectivity index (χ0v) is 16.5. The Morgan fingerprint density at radius 1 is 1.03 bits per heavy atom. The second kappa shape index (κ2) is 8.34. The monoisotopic (exact) mass is 393 g/mol. The van der Waals surface area contributed by atoms with Crippen LogP contribution in [-0.4, -0.2) is 30.3 Å². The number of ether oxygens (including phenoxy) is 2. The van der Waals surface area contributed by atoms with E-state index in [2.05, 4.69) is 15.5 Å². The van der Waals surface area contributed by atoms with Crippen molar-refractivity contribution in [3.63, 3.8) is 0 Å². The van der Waals surface area contributed by atoms with E-state index in [-0.39, 0.29) is 11.8 Å². The molecule has 1 amide bonds. The smallest absolute Gasteiger partial charge is 0.258 e. The first kappa shape index (κ1) is 19.0. The van der Waals surface area contributed by atoms with Gasteiger partial charge >= 0.3 is 0 Å². The van der Waals surface area contributed by atoms with Crippen molar-refractivity contribution in [1.82, 2.24) is 10.1 Å². The molecule has 29 heavy (non-hydrogen) atoms. The fourth-order valence-corrected chi connectivity index (χ4v) is 3.60. The number of carbonyl (C=O) groups excluding carboxylic acids is 1. The van der Waals surface area contributed by atoms with Crippen molar-refractivity contribution in [2.45, 2.75) is 25.7 Å². The SMILES string of the molecule is COc1ccc(-c2nc(-c3cccc(NC(=O)C4CCCC4)c3)no2)cc1OC. The Morgan fingerprint density at radius 2 is 1.83 bits per heavy atom. The number of anilines is 1. The van der Waals surface area contributed by atoms with Crippen LogP contribution in [0.15, 0.2) is 47.0 Å². The summed E-state index contributed by atoms with van der Waals surface area (Å²) in [6.07, 6.45) is 4.18. The van der Waals surface area contributed by atoms with Crippen LogP contribution in [0, 0.1) is 5.92 Å². The van der Waals surface area contributed by atoms with Crippen LogP contribution < -0.4 is 14.8 Å². The quantitative estimate of drug-likeness (QED) is 0.661. The number of hydrogen-bond acceptors (Lipinski definition) is 6. The molecule has 1 fully saturated rings. The highest BCUT2D eigenvalue weighted by Gasteiger charge is 2.22. The van der Waals surface area contributed by atoms with Gasteiger partial charge in [0, 0.05) is 22.7 Å². The lowest BCUT2D eigenvalue weighted by Crippen LogP contribution is -2.20. The molecule has 3 aromatic rings. The van der Waals surface area contributed by atoms with Gasteiger partial charge in [0.15, 0.2) is 11.5 Å². The summed E-state index contributed by atoms with van der Waals surface area (Å²) < 4.78 is 16.0. The third-order valence-corrected chi connectivity index (χ3v) is 5.17. The van der Waals surface area contributed by atoms with Crippen molar-refractivity contribution in [3.8, 4) is 34.3 Å². The lowest BCUT2D eigenvalue weighted by molar-refractivity contribution is -0.119. The van der Waals surface area contributed by atoms with Gasteiger partial charge in [0.05, 0.1) is 14.2 Å². The second-order valence-corrected chi connectivity index (χ2v) is 7.04. The maximum atomic E-state index is 12.4. The van der Waals surface area contributed by atoms with Gasteiger partial charge in [-0.3, -0.25) is 4.79 Å². The maximum Gasteiger partial charge on any atom is 0.258 e. The number of benzene rings is 2. The van der Waals surface area contributed by atoms with Crippen LogP contribution in [0.3, 0.4) is 0 Å². The number of nitrogens with one attached hydrogen (secondary N) is 1. The number of methoxy groups -OCH3 is 2. The van der Waals surface area contributed by atoms with Crippen molar-refractivity contribution in [2.24, 2.45) is 5.92 Å². The predicted molar refractivity (Wildman–Crippen MR) is 109 cm³/mol. The number of aromatic nitrogens is 2. The molecule has 7 nitrogen and oxygen atoms in total. The van der Waals surface area contributed by atoms with Crippen LogP contribution in [0.4, 0.5) is 5.69 Å². The summed E-state index contributed by atoms with van der Waals surface area (Å²) in [7, 11) is 3.16. The molecule has 0 unspecified atom stereocenters. The molecule has 1 aromatic heterocycles. The van der Waals surface area contributed by atoms with Gasteiger partial charge in [-0.05, 0) is 43.2 Å². The summed E-state index contributed by atoms with van der Waals surface area (Å²) in [6, 6.07) is 12.9. The highest BCUT2D eigenvalue weighted by molar-refractivity contribution is 5.93. The molecule has 7 heteroatoms. The predicted octanol–water partition coefficient (Wildman–Crippen LogP) is 4.55. The fraction of sp³-hybridized carbons (Fsp3) is 0.318. The minimum atomic E-state index is 0.0822. The summed E-state index contributed by atoms with van der Waals surface area (Å²) in [5.41, 5.74) is 2.23. The molecule has 0 radical (unpaired) electrons. The van der Waals surface area contributed by atoms with Crippen LogP contribution in [0.25, 0.3) is 22.8 Å². The fourth-order valence-electron chi connectivity index (χ4n) is 3.60. The summed E-state index contributed by atoms with van der Waals surface area (Å²) in [5.74, 6) is 2.23. The molecule has 1 heterocycles. The standard InChI is InChI=1S/C22H23N3O4/c1-27-18-11-10-16(13-19(18)28-2)22-24-20(25-29-22)15-8-5-9-17(12-15)23-21(26)14-6-3-4-7-14/h5,8-14H,3-4,6-7H2,1-2H3,(H,23,26). The van der Waals surface area contributed by atoms with Crippen LogP contribution >= 0.6 is 0 Å². The van der Waals surface area contributed by atoms with Crippen molar-refractivity contribution in [1.29, 1.82) is 0 Å². The van der Waals surface area contributed by atoms with E-state index in [9.17, 15) is 4.79 Å². The van der Waals surface area contributed by atoms with Crippen molar-refractivity contribution in [2.75, 3.05) is 19.5 Å². The van der Waals surface area contributed by atoms with Gasteiger partial charge < -0.3 is 19.3 Å². The van der Waals surface area contributed by atoms with Gasteiger partial charge in [-0.25, -0.2) is 0 Å². The highest BCUT2D eigenvalue weighted by Crippen LogP contribution is 2.32. The molecule has 0 atom stereocenters. The van der Waals surface area contributed by atoms with Gasteiger partial charge in [-0.2, -0.15) is 4.98 Å². The Morgan fingerprint density at radius 3 is 2.59 bits per heavy atom. The Balaban J connectivity index is 1.54. The largest absolute Gasteiger partial charge is 0.493 e. The van der Waals surface area contributed by atoms with Gasteiger partial charge in [0.1, 0.15) is 0 Å². The minimum absolute atomic E-state index is 0.0822. The zero-order chi connectivity index (χ0) is 20.2. The van der Waals surface area contributed by atoms with Crippen LogP contribution in [0.1, 0.15) is 25.7 Å². The molecule has 150 valence electrons. The molecule has 0 spiro atoms. The molecule has 4 rings (SSSR count). The summed E-state index contributed by atoms with van der Waals surface area (Å²) in [6.45, 7) is 0. The second-order valence-electron chi connectivity index (χ2n) is 7.04. The van der Waals surface area contributed by atoms with E-state index in [0.29, 0.717) is 23.2 Å². The Kier molecular flexibility index (Phi) is 5.46. The van der Waals surface area contributed by atoms with Gasteiger partial charge in [0.2, 0.25) is 11.7 Å². The van der Waals surface area contributed by atoms with E-state index in [4.69, 9.17) is 14.0 Å². The first-order valence-electron chi connectivity index (χ1n) is 9.65. The van der Waals surface area contributed by atoms with Crippen LogP contribution in [-0.2, 0) is 4.79 Å². The normalized spacial score (nSPS) is 14.0. The summed E-state index contributed by atoms with van der Waals surface area (Å²) in [4.78, 5) is 16.9. The van der Waals surface area contributed by atoms with E-state index in [1.54, 1.807) is 26.4 Å². The van der Waals surface area contributed by atoms with Crippen LogP contribution in [0.5, 0.6) is 11.5 Å². The van der Waals surface area contributed by atoms with Crippen molar-refractivity contribution in [3.05, 3.63) is 42.5 Å². The average Bonchev–Trinajstić information content (AvgIpc) is 3.46. The van der Waals surface area contributed by atoms with Crippen molar-refractivity contribution >= 4 is 11.6 Å². The summed E-state index contributed by atoms with van der Waals surface area (Å²) in [5, 5.41) is 7.09. The van der Waals surface area contributed by atoms with E-state index in [0.717, 1.165) is 42.5 Å². The maximum absolute atomic E-state index is 12.4. The minimum Gasteiger partial charge on any atom is -0.493 e. The molecule has 1 aliphatic carbocycles. The van der Waals surface area contributed by atoms with Gasteiger partial charge in [-0.15, -0.1) is 0 Å². The third kappa shape index (κ3) is 4.08. The van der Waals surface area contributed by atoms with Gasteiger partial charge in [0.25, 0.3) is 5.89 Å². The Labute approximate surface area is 169 Å². The molecule has 1 aliphatic rings. The third-order valence-electron chi connectivity index (χ3n) is 5.17. The lowest BCUT2D eigenvalue weighted by atomic mass is 10.1. The molecular formula is C22H23N3O4. The Bertz CT molecular complexity index is 1010. The number of rotatable bonds is 6. The van der Waals surface area contributed by atoms with Crippen molar-refractivity contribution < 1.29 is 18.8 Å². The molecular weight excluding hydrogens is 370 g/mol. The van der Waals surface area contributed by atoms with E-state index in [1.165, 1.54) is 0 Å². The zero-order valence-electron chi connectivity index (χ0n) is 16.5. The molecule has 0 saturated heterocycles. The molecule has 1 N–H and O–H groups in total. The number of nitrogens with zero attached hydrogens (tertiary/aromatic N) is 2. The first-order valence-corrected chi connectivity index (χ1v) is 9.65. The van der Waals surface area contributed by atoms with Gasteiger partial charge in [-0.1, -0.05) is 30.1 Å². The number of hydrogen-bond donors (Lipinski definition) is 1. The summed E-state index contributed by atoms with van der Waals surface area (Å²) >= 11 is 0. The first-order chi connectivity index (χ1) is 14.2. The van der Waals surface area contributed by atoms with E-state index in [1.807, 2.05) is 30.3 Å². The number of amides is 1. The highest BCUT2D eigenvalue weighted by atomic mass is 16.5. The van der Waals surface area contributed by atoms with Crippen LogP contribution in [0.2, 0.25) is 0 Å². The molecule has 0 bridgehead atoms. The topological polar surface area (TPSA) is 86.5 Å². The van der Waals surface area contributed by atoms with E-state index < -0.39 is 0 Å². The molecule has 2 aromatic carbocycles. The lowest BCUT2D eigenvalue weighted by Gasteiger charge is -2.10. The number of carbonyl (C=O) groups is 1. The molecule has 0 aliphatic heterocycles. The average molecular weight is 393 g/mol. The van der Waals surface area contributed by atoms with E-state index >= 15 is 0 Å².